The summed E-state index contributed by atoms with van der Waals surface area (Å²) in [5.74, 6) is 0.910. The van der Waals surface area contributed by atoms with E-state index in [-0.39, 0.29) is 5.60 Å². The van der Waals surface area contributed by atoms with Crippen molar-refractivity contribution in [3.05, 3.63) is 21.7 Å². The molecule has 98 valence electrons. The second kappa shape index (κ2) is 4.72. The number of H-pyrrole nitrogens is 1. The minimum Gasteiger partial charge on any atom is -0.376 e. The molecule has 0 saturated heterocycles. The average Bonchev–Trinajstić information content (AvgIpc) is 2.89. The monoisotopic (exact) mass is 266 g/mol. The number of aromatic nitrogens is 2. The molecular weight excluding hydrogens is 248 g/mol. The van der Waals surface area contributed by atoms with Gasteiger partial charge in [-0.05, 0) is 25.7 Å². The Kier molecular flexibility index (Phi) is 3.21. The highest BCUT2D eigenvalue weighted by molar-refractivity contribution is 7.71. The highest BCUT2D eigenvalue weighted by atomic mass is 32.1. The van der Waals surface area contributed by atoms with Crippen molar-refractivity contribution < 1.29 is 9.47 Å². The second-order valence-corrected chi connectivity index (χ2v) is 5.44. The maximum absolute atomic E-state index is 5.76. The number of methoxy groups -OCH3 is 1. The molecule has 18 heavy (non-hydrogen) atoms. The molecule has 1 aromatic heterocycles. The molecule has 1 N–H and O–H groups in total. The van der Waals surface area contributed by atoms with Gasteiger partial charge < -0.3 is 14.5 Å². The van der Waals surface area contributed by atoms with E-state index in [2.05, 4.69) is 9.97 Å². The van der Waals surface area contributed by atoms with Gasteiger partial charge in [0, 0.05) is 24.8 Å². The lowest BCUT2D eigenvalue weighted by atomic mass is 10.00. The Morgan fingerprint density at radius 3 is 2.89 bits per heavy atom. The summed E-state index contributed by atoms with van der Waals surface area (Å²) in [5, 5.41) is 0. The zero-order chi connectivity index (χ0) is 12.6. The number of ether oxygens (including phenoxy) is 2. The van der Waals surface area contributed by atoms with E-state index in [4.69, 9.17) is 21.7 Å². The van der Waals surface area contributed by atoms with Crippen molar-refractivity contribution in [3.8, 4) is 0 Å². The first-order valence-electron chi connectivity index (χ1n) is 6.51. The number of aromatic amines is 1. The lowest BCUT2D eigenvalue weighted by Gasteiger charge is -2.28. The van der Waals surface area contributed by atoms with Gasteiger partial charge in [0.2, 0.25) is 0 Å². The molecule has 1 aliphatic carbocycles. The molecule has 5 heteroatoms. The summed E-state index contributed by atoms with van der Waals surface area (Å²) < 4.78 is 11.9. The molecular formula is C13H18N2O2S. The summed E-state index contributed by atoms with van der Waals surface area (Å²) in [4.78, 5) is 8.02. The molecule has 0 amide bonds. The maximum atomic E-state index is 5.76. The highest BCUT2D eigenvalue weighted by Crippen LogP contribution is 2.40. The zero-order valence-corrected chi connectivity index (χ0v) is 11.4. The Morgan fingerprint density at radius 1 is 1.39 bits per heavy atom. The minimum atomic E-state index is -0.249. The van der Waals surface area contributed by atoms with E-state index in [1.807, 2.05) is 0 Å². The van der Waals surface area contributed by atoms with Crippen molar-refractivity contribution in [1.82, 2.24) is 9.97 Å². The lowest BCUT2D eigenvalue weighted by molar-refractivity contribution is -0.0169. The van der Waals surface area contributed by atoms with Crippen LogP contribution in [0.4, 0.5) is 0 Å². The van der Waals surface area contributed by atoms with Crippen LogP contribution in [0.2, 0.25) is 0 Å². The van der Waals surface area contributed by atoms with Crippen LogP contribution in [0.1, 0.15) is 42.8 Å². The molecule has 2 aliphatic rings. The fourth-order valence-corrected chi connectivity index (χ4v) is 3.23. The van der Waals surface area contributed by atoms with Crippen molar-refractivity contribution in [2.24, 2.45) is 0 Å². The Hall–Kier alpha value is -0.780. The molecule has 1 fully saturated rings. The minimum absolute atomic E-state index is 0.249. The Morgan fingerprint density at radius 2 is 2.17 bits per heavy atom. The predicted octanol–water partition coefficient (Wildman–Crippen LogP) is 2.63. The largest absolute Gasteiger partial charge is 0.376 e. The average molecular weight is 266 g/mol. The van der Waals surface area contributed by atoms with E-state index in [1.54, 1.807) is 7.11 Å². The summed E-state index contributed by atoms with van der Waals surface area (Å²) in [6.45, 7) is 1.33. The van der Waals surface area contributed by atoms with Gasteiger partial charge in [-0.2, -0.15) is 0 Å². The van der Waals surface area contributed by atoms with Gasteiger partial charge in [-0.3, -0.25) is 0 Å². The third-order valence-electron chi connectivity index (χ3n) is 4.08. The maximum Gasteiger partial charge on any atom is 0.140 e. The molecule has 0 radical (unpaired) electrons. The fraction of sp³-hybridized carbons (Fsp3) is 0.692. The van der Waals surface area contributed by atoms with Gasteiger partial charge in [-0.25, -0.2) is 4.98 Å². The molecule has 0 unspecified atom stereocenters. The van der Waals surface area contributed by atoms with Gasteiger partial charge in [-0.15, -0.1) is 0 Å². The van der Waals surface area contributed by atoms with Crippen molar-refractivity contribution in [1.29, 1.82) is 0 Å². The molecule has 0 atom stereocenters. The van der Waals surface area contributed by atoms with E-state index in [1.165, 1.54) is 18.5 Å². The van der Waals surface area contributed by atoms with Crippen LogP contribution in [0, 0.1) is 4.64 Å². The summed E-state index contributed by atoms with van der Waals surface area (Å²) in [7, 11) is 1.77. The van der Waals surface area contributed by atoms with Gasteiger partial charge in [-0.1, -0.05) is 12.2 Å². The van der Waals surface area contributed by atoms with Gasteiger partial charge in [0.05, 0.1) is 13.2 Å². The van der Waals surface area contributed by atoms with E-state index >= 15 is 0 Å². The van der Waals surface area contributed by atoms with Crippen LogP contribution < -0.4 is 0 Å². The molecule has 2 heterocycles. The number of nitrogens with one attached hydrogen (secondary N) is 1. The first-order chi connectivity index (χ1) is 8.75. The van der Waals surface area contributed by atoms with Crippen LogP contribution in [0.15, 0.2) is 0 Å². The number of rotatable bonds is 2. The third-order valence-corrected chi connectivity index (χ3v) is 4.42. The smallest absolute Gasteiger partial charge is 0.140 e. The van der Waals surface area contributed by atoms with Crippen molar-refractivity contribution >= 4 is 12.2 Å². The first-order valence-corrected chi connectivity index (χ1v) is 6.91. The van der Waals surface area contributed by atoms with Gasteiger partial charge >= 0.3 is 0 Å². The number of nitrogens with zero attached hydrogens (tertiary/aromatic N) is 1. The summed E-state index contributed by atoms with van der Waals surface area (Å²) in [6, 6.07) is 0. The molecule has 4 nitrogen and oxygen atoms in total. The molecule has 3 rings (SSSR count). The van der Waals surface area contributed by atoms with Crippen LogP contribution in [0.25, 0.3) is 0 Å². The van der Waals surface area contributed by atoms with Crippen LogP contribution in [0.5, 0.6) is 0 Å². The van der Waals surface area contributed by atoms with Crippen LogP contribution in [0.3, 0.4) is 0 Å². The normalized spacial score (nSPS) is 21.8. The zero-order valence-electron chi connectivity index (χ0n) is 10.6. The highest BCUT2D eigenvalue weighted by Gasteiger charge is 2.38. The van der Waals surface area contributed by atoms with Gasteiger partial charge in [0.25, 0.3) is 0 Å². The van der Waals surface area contributed by atoms with Crippen LogP contribution in [-0.2, 0) is 28.1 Å². The van der Waals surface area contributed by atoms with E-state index in [0.29, 0.717) is 11.2 Å². The summed E-state index contributed by atoms with van der Waals surface area (Å²) in [6.07, 6.45) is 5.31. The van der Waals surface area contributed by atoms with Crippen molar-refractivity contribution in [3.63, 3.8) is 0 Å². The quantitative estimate of drug-likeness (QED) is 0.836. The topological polar surface area (TPSA) is 47.1 Å². The van der Waals surface area contributed by atoms with Crippen molar-refractivity contribution in [2.75, 3.05) is 13.7 Å². The predicted molar refractivity (Wildman–Crippen MR) is 69.9 cm³/mol. The summed E-state index contributed by atoms with van der Waals surface area (Å²) in [5.41, 5.74) is 1.98. The third kappa shape index (κ3) is 1.90. The number of hydrogen-bond donors (Lipinski definition) is 1. The first kappa shape index (κ1) is 12.3. The Balaban J connectivity index is 2.07. The van der Waals surface area contributed by atoms with Crippen LogP contribution in [-0.4, -0.2) is 23.7 Å². The van der Waals surface area contributed by atoms with Crippen molar-refractivity contribution in [2.45, 2.75) is 44.3 Å². The van der Waals surface area contributed by atoms with E-state index in [9.17, 15) is 0 Å². The molecule has 0 spiro atoms. The molecule has 1 aromatic rings. The standard InChI is InChI=1S/C13H18N2O2S/c1-16-13(5-2-3-6-13)12-14-10-4-7-17-8-9(10)11(18)15-12/h2-8H2,1H3,(H,14,15,18). The number of hydrogen-bond acceptors (Lipinski definition) is 4. The second-order valence-electron chi connectivity index (χ2n) is 5.06. The van der Waals surface area contributed by atoms with E-state index < -0.39 is 0 Å². The molecule has 0 bridgehead atoms. The Bertz CT molecular complexity index is 506. The van der Waals surface area contributed by atoms with E-state index in [0.717, 1.165) is 37.3 Å². The molecule has 1 saturated carbocycles. The van der Waals surface area contributed by atoms with Crippen LogP contribution >= 0.6 is 12.2 Å². The van der Waals surface area contributed by atoms with Gasteiger partial charge in [0.15, 0.2) is 0 Å². The lowest BCUT2D eigenvalue weighted by Crippen LogP contribution is -2.29. The van der Waals surface area contributed by atoms with Gasteiger partial charge in [0.1, 0.15) is 16.1 Å². The number of fused-ring (bicyclic) bond motifs is 1. The Labute approximate surface area is 112 Å². The molecule has 0 aromatic carbocycles. The SMILES string of the molecule is COC1(c2nc(=S)c3c([nH]2)CCOC3)CCCC1. The molecule has 1 aliphatic heterocycles. The fourth-order valence-electron chi connectivity index (χ4n) is 2.95. The summed E-state index contributed by atoms with van der Waals surface area (Å²) >= 11 is 5.39.